The van der Waals surface area contributed by atoms with Gasteiger partial charge in [0.15, 0.2) is 0 Å². The maximum atomic E-state index is 6.14. The zero-order valence-electron chi connectivity index (χ0n) is 13.0. The van der Waals surface area contributed by atoms with Crippen LogP contribution < -0.4 is 5.73 Å². The minimum Gasteiger partial charge on any atom is -0.370 e. The summed E-state index contributed by atoms with van der Waals surface area (Å²) < 4.78 is 10.9. The molecule has 0 radical (unpaired) electrons. The normalized spacial score (nSPS) is 14.7. The van der Waals surface area contributed by atoms with Gasteiger partial charge in [-0.25, -0.2) is 0 Å². The molecule has 0 aliphatic carbocycles. The Morgan fingerprint density at radius 3 is 2.26 bits per heavy atom. The lowest BCUT2D eigenvalue weighted by atomic mass is 9.85. The second-order valence-corrected chi connectivity index (χ2v) is 6.09. The Morgan fingerprint density at radius 2 is 1.84 bits per heavy atom. The maximum Gasteiger partial charge on any atom is 0.228 e. The molecule has 1 aromatic heterocycles. The van der Waals surface area contributed by atoms with Crippen LogP contribution in [0.1, 0.15) is 59.2 Å². The Kier molecular flexibility index (Phi) is 5.10. The highest BCUT2D eigenvalue weighted by molar-refractivity contribution is 5.02. The number of hydrogen-bond acceptors (Lipinski definition) is 5. The largest absolute Gasteiger partial charge is 0.370 e. The van der Waals surface area contributed by atoms with E-state index in [0.29, 0.717) is 18.1 Å². The third-order valence-electron chi connectivity index (χ3n) is 3.92. The maximum absolute atomic E-state index is 6.14. The Labute approximate surface area is 115 Å². The van der Waals surface area contributed by atoms with Gasteiger partial charge >= 0.3 is 0 Å². The van der Waals surface area contributed by atoms with E-state index >= 15 is 0 Å². The Balaban J connectivity index is 2.88. The average Bonchev–Trinajstić information content (AvgIpc) is 2.80. The molecule has 1 rings (SSSR count). The molecule has 1 unspecified atom stereocenters. The second kappa shape index (κ2) is 6.01. The highest BCUT2D eigenvalue weighted by Crippen LogP contribution is 2.30. The van der Waals surface area contributed by atoms with Gasteiger partial charge in [0.1, 0.15) is 5.60 Å². The van der Waals surface area contributed by atoms with Gasteiger partial charge in [-0.1, -0.05) is 39.8 Å². The Morgan fingerprint density at radius 1 is 1.26 bits per heavy atom. The molecule has 1 heterocycles. The first-order valence-corrected chi connectivity index (χ1v) is 6.93. The monoisotopic (exact) mass is 269 g/mol. The van der Waals surface area contributed by atoms with E-state index in [0.717, 1.165) is 12.8 Å². The molecule has 0 saturated carbocycles. The van der Waals surface area contributed by atoms with E-state index in [-0.39, 0.29) is 11.5 Å². The van der Waals surface area contributed by atoms with Gasteiger partial charge in [-0.15, -0.1) is 0 Å². The summed E-state index contributed by atoms with van der Waals surface area (Å²) in [5, 5.41) is 4.07. The fourth-order valence-corrected chi connectivity index (χ4v) is 1.96. The van der Waals surface area contributed by atoms with E-state index in [2.05, 4.69) is 44.8 Å². The predicted molar refractivity (Wildman–Crippen MR) is 74.7 cm³/mol. The summed E-state index contributed by atoms with van der Waals surface area (Å²) in [4.78, 5) is 4.47. The molecule has 0 bridgehead atoms. The lowest BCUT2D eigenvalue weighted by molar-refractivity contribution is -0.0306. The summed E-state index contributed by atoms with van der Waals surface area (Å²) in [7, 11) is 1.68. The van der Waals surface area contributed by atoms with Crippen LogP contribution in [0, 0.1) is 5.41 Å². The summed E-state index contributed by atoms with van der Waals surface area (Å²) >= 11 is 0. The molecule has 0 spiro atoms. The van der Waals surface area contributed by atoms with E-state index in [1.54, 1.807) is 7.11 Å². The van der Waals surface area contributed by atoms with Crippen molar-refractivity contribution in [2.45, 2.75) is 65.5 Å². The van der Waals surface area contributed by atoms with Crippen molar-refractivity contribution in [3.63, 3.8) is 0 Å². The van der Waals surface area contributed by atoms with E-state index in [1.807, 2.05) is 0 Å². The quantitative estimate of drug-likeness (QED) is 0.859. The number of hydrogen-bond donors (Lipinski definition) is 1. The third kappa shape index (κ3) is 3.54. The van der Waals surface area contributed by atoms with Gasteiger partial charge in [0.05, 0.1) is 0 Å². The molecule has 19 heavy (non-hydrogen) atoms. The van der Waals surface area contributed by atoms with Gasteiger partial charge in [-0.3, -0.25) is 0 Å². The lowest BCUT2D eigenvalue weighted by Crippen LogP contribution is -2.37. The number of ether oxygens (including phenoxy) is 1. The zero-order valence-corrected chi connectivity index (χ0v) is 13.0. The van der Waals surface area contributed by atoms with Crippen molar-refractivity contribution in [1.82, 2.24) is 10.1 Å². The zero-order chi connectivity index (χ0) is 14.7. The number of rotatable bonds is 6. The molecule has 0 aromatic carbocycles. The van der Waals surface area contributed by atoms with Crippen LogP contribution in [0.3, 0.4) is 0 Å². The fourth-order valence-electron chi connectivity index (χ4n) is 1.96. The van der Waals surface area contributed by atoms with Gasteiger partial charge in [0, 0.05) is 19.6 Å². The Hall–Kier alpha value is -0.940. The molecule has 110 valence electrons. The highest BCUT2D eigenvalue weighted by atomic mass is 16.5. The number of nitrogens with two attached hydrogens (primary N) is 1. The molecule has 0 fully saturated rings. The molecular formula is C14H27N3O2. The molecule has 0 amide bonds. The van der Waals surface area contributed by atoms with E-state index in [9.17, 15) is 0 Å². The van der Waals surface area contributed by atoms with Gasteiger partial charge in [-0.2, -0.15) is 4.98 Å². The van der Waals surface area contributed by atoms with Crippen molar-refractivity contribution in [2.24, 2.45) is 11.1 Å². The van der Waals surface area contributed by atoms with Crippen molar-refractivity contribution in [3.8, 4) is 0 Å². The fraction of sp³-hybridized carbons (Fsp3) is 0.857. The molecule has 0 aliphatic heterocycles. The van der Waals surface area contributed by atoms with Crippen LogP contribution in [0.15, 0.2) is 4.52 Å². The van der Waals surface area contributed by atoms with Crippen LogP contribution in [-0.4, -0.2) is 23.3 Å². The van der Waals surface area contributed by atoms with Crippen molar-refractivity contribution in [2.75, 3.05) is 7.11 Å². The molecule has 0 aliphatic rings. The second-order valence-electron chi connectivity index (χ2n) is 6.09. The Bertz CT molecular complexity index is 383. The van der Waals surface area contributed by atoms with E-state index in [4.69, 9.17) is 15.0 Å². The summed E-state index contributed by atoms with van der Waals surface area (Å²) in [6.07, 6.45) is 2.21. The SMILES string of the molecule is CCC(CC)(OC)c1noc(CC(N)C(C)(C)C)n1. The first kappa shape index (κ1) is 16.1. The minimum absolute atomic E-state index is 0.0130. The number of aromatic nitrogens is 2. The van der Waals surface area contributed by atoms with Crippen molar-refractivity contribution >= 4 is 0 Å². The van der Waals surface area contributed by atoms with Crippen LogP contribution in [-0.2, 0) is 16.8 Å². The molecule has 5 heteroatoms. The summed E-state index contributed by atoms with van der Waals surface area (Å²) in [6.45, 7) is 10.4. The van der Waals surface area contributed by atoms with E-state index < -0.39 is 5.60 Å². The van der Waals surface area contributed by atoms with Gasteiger partial charge in [0.2, 0.25) is 11.7 Å². The van der Waals surface area contributed by atoms with Crippen molar-refractivity contribution < 1.29 is 9.26 Å². The number of nitrogens with zero attached hydrogens (tertiary/aromatic N) is 2. The molecule has 1 aromatic rings. The van der Waals surface area contributed by atoms with Gasteiger partial charge in [0.25, 0.3) is 0 Å². The van der Waals surface area contributed by atoms with E-state index in [1.165, 1.54) is 0 Å². The van der Waals surface area contributed by atoms with Crippen LogP contribution in [0.4, 0.5) is 0 Å². The van der Waals surface area contributed by atoms with Crippen LogP contribution in [0.5, 0.6) is 0 Å². The average molecular weight is 269 g/mol. The molecule has 0 saturated heterocycles. The van der Waals surface area contributed by atoms with Gasteiger partial charge < -0.3 is 15.0 Å². The summed E-state index contributed by atoms with van der Waals surface area (Å²) in [5.41, 5.74) is 5.71. The number of methoxy groups -OCH3 is 1. The first-order valence-electron chi connectivity index (χ1n) is 6.93. The van der Waals surface area contributed by atoms with Gasteiger partial charge in [-0.05, 0) is 18.3 Å². The standard InChI is InChI=1S/C14H27N3O2/c1-7-14(8-2,18-6)12-16-11(19-17-12)9-10(15)13(3,4)5/h10H,7-9,15H2,1-6H3. The smallest absolute Gasteiger partial charge is 0.228 e. The van der Waals surface area contributed by atoms with Crippen LogP contribution in [0.2, 0.25) is 0 Å². The van der Waals surface area contributed by atoms with Crippen molar-refractivity contribution in [3.05, 3.63) is 11.7 Å². The van der Waals surface area contributed by atoms with Crippen molar-refractivity contribution in [1.29, 1.82) is 0 Å². The molecule has 2 N–H and O–H groups in total. The van der Waals surface area contributed by atoms with Crippen LogP contribution in [0.25, 0.3) is 0 Å². The lowest BCUT2D eigenvalue weighted by Gasteiger charge is -2.26. The summed E-state index contributed by atoms with van der Waals surface area (Å²) in [6, 6.07) is -0.0130. The first-order chi connectivity index (χ1) is 8.79. The predicted octanol–water partition coefficient (Wildman–Crippen LogP) is 2.65. The highest BCUT2D eigenvalue weighted by Gasteiger charge is 2.34. The topological polar surface area (TPSA) is 74.2 Å². The third-order valence-corrected chi connectivity index (χ3v) is 3.92. The van der Waals surface area contributed by atoms with Crippen LogP contribution >= 0.6 is 0 Å². The molecular weight excluding hydrogens is 242 g/mol. The minimum atomic E-state index is -0.451. The molecule has 1 atom stereocenters. The molecule has 5 nitrogen and oxygen atoms in total. The summed E-state index contributed by atoms with van der Waals surface area (Å²) in [5.74, 6) is 1.21.